The van der Waals surface area contributed by atoms with Crippen molar-refractivity contribution >= 4 is 5.69 Å². The number of aliphatic hydroxyl groups is 1. The molecule has 1 unspecified atom stereocenters. The number of hydrogen-bond acceptors (Lipinski definition) is 5. The van der Waals surface area contributed by atoms with Crippen molar-refractivity contribution in [2.75, 3.05) is 31.6 Å². The van der Waals surface area contributed by atoms with Gasteiger partial charge in [-0.3, -0.25) is 4.90 Å². The van der Waals surface area contributed by atoms with Crippen LogP contribution in [0.2, 0.25) is 0 Å². The number of nitrogens with two attached hydrogens (primary N) is 1. The number of benzene rings is 1. The van der Waals surface area contributed by atoms with Gasteiger partial charge in [-0.1, -0.05) is 18.2 Å². The highest BCUT2D eigenvalue weighted by Gasteiger charge is 2.26. The molecule has 0 radical (unpaired) electrons. The molecule has 0 saturated carbocycles. The summed E-state index contributed by atoms with van der Waals surface area (Å²) in [7, 11) is 0. The van der Waals surface area contributed by atoms with Crippen LogP contribution < -0.4 is 11.2 Å². The Bertz CT molecular complexity index is 433. The molecule has 1 saturated heterocycles. The summed E-state index contributed by atoms with van der Waals surface area (Å²) in [6, 6.07) is 6.80. The third-order valence-corrected chi connectivity index (χ3v) is 4.23. The predicted octanol–water partition coefficient (Wildman–Crippen LogP) is 1.43. The zero-order valence-corrected chi connectivity index (χ0v) is 13.0. The van der Waals surface area contributed by atoms with E-state index < -0.39 is 6.10 Å². The van der Waals surface area contributed by atoms with Crippen LogP contribution in [0.5, 0.6) is 0 Å². The summed E-state index contributed by atoms with van der Waals surface area (Å²) in [4.78, 5) is 6.84. The zero-order valence-electron chi connectivity index (χ0n) is 13.0. The molecule has 0 bridgehead atoms. The van der Waals surface area contributed by atoms with Crippen molar-refractivity contribution in [3.8, 4) is 0 Å². The van der Waals surface area contributed by atoms with Crippen LogP contribution in [0.3, 0.4) is 0 Å². The minimum atomic E-state index is -0.518. The van der Waals surface area contributed by atoms with Gasteiger partial charge in [-0.25, -0.2) is 5.90 Å². The van der Waals surface area contributed by atoms with Gasteiger partial charge in [-0.15, -0.1) is 0 Å². The Kier molecular flexibility index (Phi) is 5.99. The molecule has 118 valence electrons. The number of aryl methyl sites for hydroxylation is 2. The average Bonchev–Trinajstić information content (AvgIpc) is 2.86. The molecular weight excluding hydrogens is 266 g/mol. The van der Waals surface area contributed by atoms with E-state index in [0.29, 0.717) is 12.6 Å². The minimum absolute atomic E-state index is 0.188. The minimum Gasteiger partial charge on any atom is -0.389 e. The normalized spacial score (nSPS) is 20.7. The molecule has 1 aliphatic rings. The van der Waals surface area contributed by atoms with Crippen molar-refractivity contribution in [3.05, 3.63) is 29.3 Å². The van der Waals surface area contributed by atoms with E-state index in [0.717, 1.165) is 19.5 Å². The van der Waals surface area contributed by atoms with Crippen LogP contribution in [-0.2, 0) is 4.84 Å². The molecule has 1 heterocycles. The summed E-state index contributed by atoms with van der Waals surface area (Å²) >= 11 is 0. The van der Waals surface area contributed by atoms with E-state index in [1.165, 1.54) is 23.2 Å². The van der Waals surface area contributed by atoms with Crippen LogP contribution in [-0.4, -0.2) is 48.4 Å². The van der Waals surface area contributed by atoms with E-state index in [2.05, 4.69) is 47.1 Å². The third kappa shape index (κ3) is 4.41. The Balaban J connectivity index is 1.89. The van der Waals surface area contributed by atoms with E-state index in [4.69, 9.17) is 5.90 Å². The van der Waals surface area contributed by atoms with E-state index in [1.54, 1.807) is 0 Å². The third-order valence-electron chi connectivity index (χ3n) is 4.23. The standard InChI is InChI=1S/C16H27N3O2/c1-12-5-3-6-13(2)16(12)18-9-14-7-4-8-19(14)10-15(20)11-21-17/h3,5-6,14-15,18,20H,4,7-11,17H2,1-2H3/t14-,15?/m0/s1. The van der Waals surface area contributed by atoms with Gasteiger partial charge < -0.3 is 15.3 Å². The summed E-state index contributed by atoms with van der Waals surface area (Å²) < 4.78 is 0. The van der Waals surface area contributed by atoms with Crippen LogP contribution in [0, 0.1) is 13.8 Å². The van der Waals surface area contributed by atoms with Gasteiger partial charge in [0.25, 0.3) is 0 Å². The maximum absolute atomic E-state index is 9.83. The first-order valence-corrected chi connectivity index (χ1v) is 7.65. The molecule has 0 spiro atoms. The number of hydrogen-bond donors (Lipinski definition) is 3. The molecule has 2 atom stereocenters. The number of likely N-dealkylation sites (tertiary alicyclic amines) is 1. The van der Waals surface area contributed by atoms with E-state index in [1.807, 2.05) is 0 Å². The van der Waals surface area contributed by atoms with Crippen LogP contribution >= 0.6 is 0 Å². The Morgan fingerprint density at radius 1 is 1.43 bits per heavy atom. The number of nitrogens with zero attached hydrogens (tertiary/aromatic N) is 1. The van der Waals surface area contributed by atoms with Gasteiger partial charge in [0, 0.05) is 24.8 Å². The molecule has 1 aromatic rings. The quantitative estimate of drug-likeness (QED) is 0.664. The zero-order chi connectivity index (χ0) is 15.2. The fourth-order valence-corrected chi connectivity index (χ4v) is 3.11. The largest absolute Gasteiger partial charge is 0.389 e. The molecule has 5 nitrogen and oxygen atoms in total. The van der Waals surface area contributed by atoms with Gasteiger partial charge in [-0.05, 0) is 44.4 Å². The first-order valence-electron chi connectivity index (χ1n) is 7.65. The topological polar surface area (TPSA) is 70.8 Å². The van der Waals surface area contributed by atoms with E-state index in [-0.39, 0.29) is 6.61 Å². The molecule has 1 fully saturated rings. The summed E-state index contributed by atoms with van der Waals surface area (Å²) in [6.07, 6.45) is 1.82. The van der Waals surface area contributed by atoms with Crippen LogP contribution in [0.15, 0.2) is 18.2 Å². The Morgan fingerprint density at radius 2 is 2.14 bits per heavy atom. The van der Waals surface area contributed by atoms with Gasteiger partial charge in [0.2, 0.25) is 0 Å². The lowest BCUT2D eigenvalue weighted by atomic mass is 10.1. The lowest BCUT2D eigenvalue weighted by Gasteiger charge is -2.27. The molecule has 1 aliphatic heterocycles. The predicted molar refractivity (Wildman–Crippen MR) is 85.1 cm³/mol. The van der Waals surface area contributed by atoms with Crippen molar-refractivity contribution in [1.82, 2.24) is 4.90 Å². The second kappa shape index (κ2) is 7.75. The lowest BCUT2D eigenvalue weighted by molar-refractivity contribution is 0.0148. The monoisotopic (exact) mass is 293 g/mol. The fraction of sp³-hybridized carbons (Fsp3) is 0.625. The van der Waals surface area contributed by atoms with Gasteiger partial charge in [0.15, 0.2) is 0 Å². The molecule has 0 aromatic heterocycles. The molecule has 4 N–H and O–H groups in total. The number of rotatable bonds is 7. The van der Waals surface area contributed by atoms with Crippen LogP contribution in [0.25, 0.3) is 0 Å². The second-order valence-corrected chi connectivity index (χ2v) is 5.93. The van der Waals surface area contributed by atoms with Gasteiger partial charge in [0.1, 0.15) is 0 Å². The second-order valence-electron chi connectivity index (χ2n) is 5.93. The molecule has 1 aromatic carbocycles. The highest BCUT2D eigenvalue weighted by atomic mass is 16.6. The molecule has 0 aliphatic carbocycles. The highest BCUT2D eigenvalue weighted by molar-refractivity contribution is 5.56. The summed E-state index contributed by atoms with van der Waals surface area (Å²) in [5.74, 6) is 5.02. The van der Waals surface area contributed by atoms with Crippen LogP contribution in [0.1, 0.15) is 24.0 Å². The molecule has 2 rings (SSSR count). The van der Waals surface area contributed by atoms with Crippen LogP contribution in [0.4, 0.5) is 5.69 Å². The van der Waals surface area contributed by atoms with Gasteiger partial charge in [0.05, 0.1) is 12.7 Å². The average molecular weight is 293 g/mol. The number of nitrogens with one attached hydrogen (secondary N) is 1. The van der Waals surface area contributed by atoms with Crippen molar-refractivity contribution in [2.24, 2.45) is 5.90 Å². The number of β-amino-alcohol motifs (C(OH)–C–C–N with tert-alkyl or cyclic N) is 1. The Morgan fingerprint density at radius 3 is 2.81 bits per heavy atom. The lowest BCUT2D eigenvalue weighted by Crippen LogP contribution is -2.41. The van der Waals surface area contributed by atoms with Gasteiger partial charge >= 0.3 is 0 Å². The van der Waals surface area contributed by atoms with Crippen molar-refractivity contribution in [3.63, 3.8) is 0 Å². The van der Waals surface area contributed by atoms with Gasteiger partial charge in [-0.2, -0.15) is 0 Å². The summed E-state index contributed by atoms with van der Waals surface area (Å²) in [5, 5.41) is 13.4. The maximum Gasteiger partial charge on any atom is 0.0951 e. The summed E-state index contributed by atoms with van der Waals surface area (Å²) in [5.41, 5.74) is 3.78. The first-order chi connectivity index (χ1) is 10.1. The first kappa shape index (κ1) is 16.2. The van der Waals surface area contributed by atoms with Crippen molar-refractivity contribution in [2.45, 2.75) is 38.8 Å². The SMILES string of the molecule is Cc1cccc(C)c1NC[C@@H]1CCCN1CC(O)CON. The number of para-hydroxylation sites is 1. The molecule has 21 heavy (non-hydrogen) atoms. The van der Waals surface area contributed by atoms with Crippen molar-refractivity contribution < 1.29 is 9.94 Å². The molecule has 0 amide bonds. The number of anilines is 1. The maximum atomic E-state index is 9.83. The molecule has 5 heteroatoms. The Labute approximate surface area is 127 Å². The van der Waals surface area contributed by atoms with E-state index in [9.17, 15) is 5.11 Å². The smallest absolute Gasteiger partial charge is 0.0951 e. The van der Waals surface area contributed by atoms with E-state index >= 15 is 0 Å². The fourth-order valence-electron chi connectivity index (χ4n) is 3.11. The number of aliphatic hydroxyl groups excluding tert-OH is 1. The Hall–Kier alpha value is -1.14. The summed E-state index contributed by atoms with van der Waals surface area (Å²) in [6.45, 7) is 7.00. The molecular formula is C16H27N3O2. The highest BCUT2D eigenvalue weighted by Crippen LogP contribution is 2.22. The van der Waals surface area contributed by atoms with Crippen molar-refractivity contribution in [1.29, 1.82) is 0 Å².